The van der Waals surface area contributed by atoms with Gasteiger partial charge in [0.2, 0.25) is 5.91 Å². The number of aromatic nitrogens is 2. The first-order valence-electron chi connectivity index (χ1n) is 9.14. The van der Waals surface area contributed by atoms with Gasteiger partial charge in [-0.25, -0.2) is 0 Å². The Kier molecular flexibility index (Phi) is 6.97. The van der Waals surface area contributed by atoms with Crippen molar-refractivity contribution in [2.24, 2.45) is 0 Å². The third-order valence-corrected chi connectivity index (χ3v) is 4.93. The Morgan fingerprint density at radius 1 is 1.20 bits per heavy atom. The van der Waals surface area contributed by atoms with Gasteiger partial charge in [0.25, 0.3) is 5.56 Å². The Bertz CT molecular complexity index is 1130. The first-order chi connectivity index (χ1) is 14.3. The first kappa shape index (κ1) is 21.7. The van der Waals surface area contributed by atoms with E-state index in [9.17, 15) is 9.59 Å². The van der Waals surface area contributed by atoms with Crippen LogP contribution >= 0.6 is 23.2 Å². The Morgan fingerprint density at radius 2 is 2.00 bits per heavy atom. The summed E-state index contributed by atoms with van der Waals surface area (Å²) >= 11 is 12.4. The number of benzene rings is 2. The summed E-state index contributed by atoms with van der Waals surface area (Å²) < 4.78 is 6.86. The van der Waals surface area contributed by atoms with Crippen molar-refractivity contribution in [2.75, 3.05) is 23.8 Å². The molecule has 2 aromatic carbocycles. The molecule has 0 saturated heterocycles. The summed E-state index contributed by atoms with van der Waals surface area (Å²) in [6, 6.07) is 12.3. The van der Waals surface area contributed by atoms with Crippen molar-refractivity contribution in [1.82, 2.24) is 9.78 Å². The summed E-state index contributed by atoms with van der Waals surface area (Å²) in [7, 11) is 0. The molecule has 0 saturated carbocycles. The van der Waals surface area contributed by atoms with Crippen molar-refractivity contribution in [3.05, 3.63) is 74.6 Å². The molecule has 0 aliphatic carbocycles. The van der Waals surface area contributed by atoms with E-state index in [2.05, 4.69) is 15.7 Å². The van der Waals surface area contributed by atoms with Crippen LogP contribution in [0.25, 0.3) is 5.69 Å². The quantitative estimate of drug-likeness (QED) is 0.528. The molecule has 1 heterocycles. The second kappa shape index (κ2) is 9.65. The largest absolute Gasteiger partial charge is 0.492 e. The van der Waals surface area contributed by atoms with Crippen LogP contribution in [0.3, 0.4) is 0 Å². The number of hydrogen-bond acceptors (Lipinski definition) is 5. The van der Waals surface area contributed by atoms with E-state index in [1.807, 2.05) is 13.0 Å². The monoisotopic (exact) mass is 446 g/mol. The molecule has 156 valence electrons. The smallest absolute Gasteiger partial charge is 0.292 e. The minimum Gasteiger partial charge on any atom is -0.492 e. The second-order valence-corrected chi connectivity index (χ2v) is 7.29. The molecule has 0 atom stereocenters. The van der Waals surface area contributed by atoms with Crippen molar-refractivity contribution in [2.45, 2.75) is 13.8 Å². The van der Waals surface area contributed by atoms with E-state index in [-0.39, 0.29) is 10.9 Å². The topological polar surface area (TPSA) is 85.2 Å². The number of ether oxygens (including phenoxy) is 1. The van der Waals surface area contributed by atoms with Crippen molar-refractivity contribution < 1.29 is 9.53 Å². The predicted octanol–water partition coefficient (Wildman–Crippen LogP) is 4.30. The maximum absolute atomic E-state index is 12.6. The van der Waals surface area contributed by atoms with Gasteiger partial charge in [0.15, 0.2) is 0 Å². The molecule has 0 aliphatic rings. The average Bonchev–Trinajstić information content (AvgIpc) is 2.70. The summed E-state index contributed by atoms with van der Waals surface area (Å²) in [6.45, 7) is 4.03. The van der Waals surface area contributed by atoms with Crippen LogP contribution in [0, 0.1) is 6.92 Å². The third-order valence-electron chi connectivity index (χ3n) is 4.16. The lowest BCUT2D eigenvalue weighted by molar-refractivity contribution is -0.114. The van der Waals surface area contributed by atoms with Crippen LogP contribution in [0.1, 0.15) is 12.5 Å². The highest BCUT2D eigenvalue weighted by Gasteiger charge is 2.11. The van der Waals surface area contributed by atoms with E-state index < -0.39 is 5.56 Å². The van der Waals surface area contributed by atoms with Crippen molar-refractivity contribution >= 4 is 40.5 Å². The summed E-state index contributed by atoms with van der Waals surface area (Å²) in [5.74, 6) is 0.456. The molecule has 0 bridgehead atoms. The molecule has 0 unspecified atom stereocenters. The average molecular weight is 447 g/mol. The fourth-order valence-electron chi connectivity index (χ4n) is 2.67. The lowest BCUT2D eigenvalue weighted by atomic mass is 10.2. The molecule has 2 N–H and O–H groups in total. The molecule has 0 aliphatic heterocycles. The van der Waals surface area contributed by atoms with E-state index in [0.717, 1.165) is 5.56 Å². The van der Waals surface area contributed by atoms with Gasteiger partial charge in [0, 0.05) is 30.2 Å². The minimum absolute atomic E-state index is 0.0225. The van der Waals surface area contributed by atoms with Crippen LogP contribution in [0.15, 0.2) is 53.5 Å². The molecule has 0 radical (unpaired) electrons. The molecular formula is C21H20Cl2N4O3. The fourth-order valence-corrected chi connectivity index (χ4v) is 3.05. The van der Waals surface area contributed by atoms with Crippen molar-refractivity contribution in [3.8, 4) is 11.4 Å². The van der Waals surface area contributed by atoms with Gasteiger partial charge in [0.1, 0.15) is 17.4 Å². The van der Waals surface area contributed by atoms with Crippen LogP contribution in [-0.2, 0) is 4.79 Å². The lowest BCUT2D eigenvalue weighted by Gasteiger charge is -2.12. The number of anilines is 2. The van der Waals surface area contributed by atoms with Gasteiger partial charge in [-0.3, -0.25) is 9.59 Å². The van der Waals surface area contributed by atoms with Crippen LogP contribution in [0.5, 0.6) is 5.75 Å². The van der Waals surface area contributed by atoms with Crippen LogP contribution in [0.4, 0.5) is 11.4 Å². The molecule has 3 rings (SSSR count). The number of carbonyl (C=O) groups is 1. The van der Waals surface area contributed by atoms with E-state index in [4.69, 9.17) is 27.9 Å². The number of rotatable bonds is 7. The summed E-state index contributed by atoms with van der Waals surface area (Å²) in [4.78, 5) is 23.7. The van der Waals surface area contributed by atoms with Crippen LogP contribution < -0.4 is 20.9 Å². The zero-order valence-corrected chi connectivity index (χ0v) is 17.9. The minimum atomic E-state index is -0.453. The van der Waals surface area contributed by atoms with Crippen molar-refractivity contribution in [3.63, 3.8) is 0 Å². The second-order valence-electron chi connectivity index (χ2n) is 6.51. The molecule has 30 heavy (non-hydrogen) atoms. The molecule has 7 nitrogen and oxygen atoms in total. The predicted molar refractivity (Wildman–Crippen MR) is 119 cm³/mol. The van der Waals surface area contributed by atoms with Gasteiger partial charge in [-0.2, -0.15) is 9.78 Å². The van der Waals surface area contributed by atoms with Crippen LogP contribution in [0.2, 0.25) is 10.0 Å². The number of halogens is 2. The standard InChI is InChI=1S/C21H20Cl2N4O3/c1-13-6-7-16(11-18(13)22)27-21(29)20(23)19(12-25-27)24-8-9-30-17-5-3-4-15(10-17)26-14(2)28/h3-7,10-12,24H,8-9H2,1-2H3,(H,26,28). The SMILES string of the molecule is CC(=O)Nc1cccc(OCCNc2cnn(-c3ccc(C)c(Cl)c3)c(=O)c2Cl)c1. The zero-order valence-electron chi connectivity index (χ0n) is 16.4. The molecular weight excluding hydrogens is 427 g/mol. The number of amides is 1. The van der Waals surface area contributed by atoms with Crippen molar-refractivity contribution in [1.29, 1.82) is 0 Å². The van der Waals surface area contributed by atoms with Gasteiger partial charge >= 0.3 is 0 Å². The Morgan fingerprint density at radius 3 is 2.73 bits per heavy atom. The maximum Gasteiger partial charge on any atom is 0.292 e. The van der Waals surface area contributed by atoms with Gasteiger partial charge in [-0.05, 0) is 36.8 Å². The Balaban J connectivity index is 1.62. The molecule has 0 spiro atoms. The molecule has 1 amide bonds. The number of carbonyl (C=O) groups excluding carboxylic acids is 1. The fraction of sp³-hybridized carbons (Fsp3) is 0.190. The first-order valence-corrected chi connectivity index (χ1v) is 9.89. The molecule has 0 fully saturated rings. The summed E-state index contributed by atoms with van der Waals surface area (Å²) in [5, 5.41) is 10.5. The van der Waals surface area contributed by atoms with E-state index in [1.165, 1.54) is 17.8 Å². The van der Waals surface area contributed by atoms with E-state index >= 15 is 0 Å². The number of nitrogens with one attached hydrogen (secondary N) is 2. The Hall–Kier alpha value is -3.03. The highest BCUT2D eigenvalue weighted by molar-refractivity contribution is 6.33. The summed E-state index contributed by atoms with van der Waals surface area (Å²) in [6.07, 6.45) is 1.48. The van der Waals surface area contributed by atoms with Gasteiger partial charge < -0.3 is 15.4 Å². The van der Waals surface area contributed by atoms with E-state index in [1.54, 1.807) is 36.4 Å². The van der Waals surface area contributed by atoms with Gasteiger partial charge in [0.05, 0.1) is 17.6 Å². The van der Waals surface area contributed by atoms with Crippen LogP contribution in [-0.4, -0.2) is 28.8 Å². The van der Waals surface area contributed by atoms with Gasteiger partial charge in [-0.1, -0.05) is 35.3 Å². The normalized spacial score (nSPS) is 10.5. The lowest BCUT2D eigenvalue weighted by Crippen LogP contribution is -2.23. The highest BCUT2D eigenvalue weighted by Crippen LogP contribution is 2.21. The molecule has 1 aromatic heterocycles. The van der Waals surface area contributed by atoms with E-state index in [0.29, 0.717) is 41.0 Å². The molecule has 3 aromatic rings. The number of hydrogen-bond donors (Lipinski definition) is 2. The number of nitrogens with zero attached hydrogens (tertiary/aromatic N) is 2. The highest BCUT2D eigenvalue weighted by atomic mass is 35.5. The number of aryl methyl sites for hydroxylation is 1. The van der Waals surface area contributed by atoms with Gasteiger partial charge in [-0.15, -0.1) is 0 Å². The maximum atomic E-state index is 12.6. The zero-order chi connectivity index (χ0) is 21.7. The summed E-state index contributed by atoms with van der Waals surface area (Å²) in [5.41, 5.74) is 2.05. The third kappa shape index (κ3) is 5.31. The molecule has 9 heteroatoms. The Labute approximate surface area is 183 Å².